The Labute approximate surface area is 435 Å². The number of nitrogens with one attached hydrogen (secondary N) is 5. The number of anilines is 1. The van der Waals surface area contributed by atoms with E-state index in [2.05, 4.69) is 26.6 Å². The lowest BCUT2D eigenvalue weighted by Crippen LogP contribution is -2.54. The predicted molar refractivity (Wildman–Crippen MR) is 275 cm³/mol. The maximum atomic E-state index is 16.1. The van der Waals surface area contributed by atoms with Crippen molar-refractivity contribution in [3.63, 3.8) is 0 Å². The third kappa shape index (κ3) is 17.9. The Morgan fingerprint density at radius 1 is 0.947 bits per heavy atom. The number of urea groups is 1. The van der Waals surface area contributed by atoms with Crippen LogP contribution in [0.1, 0.15) is 90.4 Å². The fraction of sp³-hybridized carbons (Fsp3) is 0.472. The standard InChI is InChI=1S/C49H61F3N8O8.C4H10N2O/c1-28(2)42(57-45(64)30(4)54-27-61)46(65)53-20-41(63)55-36-15-13-32(14-16-36)26-68-48(67)59-22-34(39(52)24-59)23-60(47(66)31(5)62)43(49(6,7)8)44-56-40(37-18-29(3)12-17-38(37)51)25-58(44)21-33-10-9-11-35(50)19-33;1-2-3-6-4(5)7/h9-19,25,27-28,30-31,34,39,42-43,62H,20-24,26H2,1-8H3,(H,53,65)(H,54,61)(H,55,63)(H,57,64);2-3H2,1H3,(H3,5,6,7)/t30-,31-,34?,39?,42?,43?;/m0./s1. The first-order valence-corrected chi connectivity index (χ1v) is 24.7. The predicted octanol–water partition coefficient (Wildman–Crippen LogP) is 5.48. The summed E-state index contributed by atoms with van der Waals surface area (Å²) in [5.74, 6) is -4.34. The Morgan fingerprint density at radius 2 is 1.64 bits per heavy atom. The highest BCUT2D eigenvalue weighted by atomic mass is 19.1. The summed E-state index contributed by atoms with van der Waals surface area (Å²) >= 11 is 0. The Morgan fingerprint density at radius 3 is 2.23 bits per heavy atom. The van der Waals surface area contributed by atoms with Gasteiger partial charge in [0.15, 0.2) is 0 Å². The lowest BCUT2D eigenvalue weighted by atomic mass is 9.84. The first kappa shape index (κ1) is 60.1. The van der Waals surface area contributed by atoms with Crippen molar-refractivity contribution in [2.45, 2.75) is 112 Å². The minimum Gasteiger partial charge on any atom is -0.445 e. The van der Waals surface area contributed by atoms with Gasteiger partial charge in [-0.05, 0) is 86.1 Å². The average Bonchev–Trinajstić information content (AvgIpc) is 3.93. The van der Waals surface area contributed by atoms with Crippen molar-refractivity contribution in [2.24, 2.45) is 23.0 Å². The molecule has 0 spiro atoms. The van der Waals surface area contributed by atoms with Crippen LogP contribution in [0.3, 0.4) is 0 Å². The molecule has 19 nitrogen and oxygen atoms in total. The maximum absolute atomic E-state index is 16.1. The smallest absolute Gasteiger partial charge is 0.410 e. The second-order valence-electron chi connectivity index (χ2n) is 19.9. The van der Waals surface area contributed by atoms with Gasteiger partial charge in [0, 0.05) is 49.5 Å². The largest absolute Gasteiger partial charge is 0.445 e. The van der Waals surface area contributed by atoms with Crippen LogP contribution in [0.25, 0.3) is 11.3 Å². The van der Waals surface area contributed by atoms with Crippen LogP contribution in [-0.2, 0) is 41.9 Å². The number of benzene rings is 3. The van der Waals surface area contributed by atoms with E-state index in [0.29, 0.717) is 35.6 Å². The highest BCUT2D eigenvalue weighted by Crippen LogP contribution is 2.41. The number of nitrogens with two attached hydrogens (primary N) is 1. The van der Waals surface area contributed by atoms with Crippen molar-refractivity contribution in [1.29, 1.82) is 0 Å². The summed E-state index contributed by atoms with van der Waals surface area (Å²) in [7, 11) is 0. The molecule has 408 valence electrons. The van der Waals surface area contributed by atoms with E-state index in [4.69, 9.17) is 15.5 Å². The molecule has 75 heavy (non-hydrogen) atoms. The Kier molecular flexibility index (Phi) is 22.2. The van der Waals surface area contributed by atoms with E-state index < -0.39 is 95.7 Å². The lowest BCUT2D eigenvalue weighted by Gasteiger charge is -2.41. The monoisotopic (exact) mass is 1050 g/mol. The number of aliphatic hydroxyl groups excluding tert-OH is 1. The van der Waals surface area contributed by atoms with Gasteiger partial charge in [0.25, 0.3) is 5.91 Å². The normalized spacial score (nSPS) is 15.8. The number of aromatic nitrogens is 2. The molecule has 0 radical (unpaired) electrons. The molecular weight excluding hydrogens is 978 g/mol. The van der Waals surface area contributed by atoms with Gasteiger partial charge < -0.3 is 56.5 Å². The molecule has 1 aromatic heterocycles. The van der Waals surface area contributed by atoms with E-state index in [1.807, 2.05) is 34.6 Å². The number of carbonyl (C=O) groups is 7. The van der Waals surface area contributed by atoms with Crippen molar-refractivity contribution in [3.8, 4) is 11.3 Å². The third-order valence-electron chi connectivity index (χ3n) is 12.0. The molecule has 8 N–H and O–H groups in total. The summed E-state index contributed by atoms with van der Waals surface area (Å²) in [5.41, 5.74) is 6.66. The van der Waals surface area contributed by atoms with Crippen LogP contribution < -0.4 is 32.3 Å². The van der Waals surface area contributed by atoms with Crippen LogP contribution in [0.2, 0.25) is 0 Å². The number of aliphatic hydroxyl groups is 1. The molecule has 0 saturated carbocycles. The van der Waals surface area contributed by atoms with Crippen LogP contribution in [-0.4, -0.2) is 124 Å². The molecule has 22 heteroatoms. The molecule has 1 fully saturated rings. The molecule has 0 aliphatic carbocycles. The van der Waals surface area contributed by atoms with Crippen LogP contribution in [0, 0.1) is 35.8 Å². The molecule has 1 aliphatic rings. The highest BCUT2D eigenvalue weighted by Gasteiger charge is 2.44. The summed E-state index contributed by atoms with van der Waals surface area (Å²) in [5, 5.41) is 23.2. The number of carbonyl (C=O) groups excluding carboxylic acids is 7. The fourth-order valence-electron chi connectivity index (χ4n) is 8.18. The van der Waals surface area contributed by atoms with Gasteiger partial charge in [-0.1, -0.05) is 77.4 Å². The zero-order valence-corrected chi connectivity index (χ0v) is 43.9. The number of primary amides is 1. The van der Waals surface area contributed by atoms with Crippen LogP contribution in [0.4, 0.5) is 28.4 Å². The van der Waals surface area contributed by atoms with E-state index in [1.165, 1.54) is 41.8 Å². The summed E-state index contributed by atoms with van der Waals surface area (Å²) in [6.07, 6.45) is -0.953. The SMILES string of the molecule is CCCNC(N)=O.Cc1ccc(F)c(-c2cn(Cc3cccc(F)c3)c(C(N(CC3CN(C(=O)OCc4ccc(NC(=O)CNC(=O)C(NC(=O)[C@H](C)NC=O)C(C)C)cc4)CC3F)C(=O)[C@H](C)O)C(C)(C)C)n2)c1. The van der Waals surface area contributed by atoms with E-state index in [9.17, 15) is 43.1 Å². The Balaban J connectivity index is 0.00000162. The van der Waals surface area contributed by atoms with Crippen molar-refractivity contribution >= 4 is 47.9 Å². The molecule has 2 heterocycles. The van der Waals surface area contributed by atoms with Crippen molar-refractivity contribution in [3.05, 3.63) is 107 Å². The molecular formula is C53H71F3N10O9. The number of aryl methyl sites for hydroxylation is 1. The number of halogens is 3. The van der Waals surface area contributed by atoms with Gasteiger partial charge in [-0.15, -0.1) is 0 Å². The van der Waals surface area contributed by atoms with Crippen molar-refractivity contribution < 1.29 is 56.6 Å². The summed E-state index contributed by atoms with van der Waals surface area (Å²) in [6, 6.07) is 13.7. The number of rotatable bonds is 21. The van der Waals surface area contributed by atoms with E-state index in [-0.39, 0.29) is 50.0 Å². The van der Waals surface area contributed by atoms with Gasteiger partial charge >= 0.3 is 12.1 Å². The molecule has 6 atom stereocenters. The molecule has 3 aromatic carbocycles. The molecule has 1 aliphatic heterocycles. The second kappa shape index (κ2) is 27.7. The van der Waals surface area contributed by atoms with Crippen LogP contribution >= 0.6 is 0 Å². The van der Waals surface area contributed by atoms with Gasteiger partial charge in [-0.25, -0.2) is 27.7 Å². The second-order valence-corrected chi connectivity index (χ2v) is 19.9. The number of alkyl halides is 1. The first-order chi connectivity index (χ1) is 35.3. The average molecular weight is 1050 g/mol. The molecule has 4 aromatic rings. The Bertz CT molecular complexity index is 2610. The van der Waals surface area contributed by atoms with E-state index in [1.54, 1.807) is 73.1 Å². The molecule has 1 saturated heterocycles. The highest BCUT2D eigenvalue weighted by molar-refractivity contribution is 5.96. The number of ether oxygens (including phenoxy) is 1. The van der Waals surface area contributed by atoms with Crippen molar-refractivity contribution in [2.75, 3.05) is 38.0 Å². The first-order valence-electron chi connectivity index (χ1n) is 24.7. The zero-order chi connectivity index (χ0) is 55.7. The minimum atomic E-state index is -1.59. The minimum absolute atomic E-state index is 0.0920. The van der Waals surface area contributed by atoms with Crippen molar-refractivity contribution in [1.82, 2.24) is 40.6 Å². The zero-order valence-electron chi connectivity index (χ0n) is 43.9. The number of hydrogen-bond donors (Lipinski definition) is 7. The van der Waals surface area contributed by atoms with E-state index >= 15 is 8.78 Å². The number of likely N-dealkylation sites (tertiary alicyclic amines) is 1. The van der Waals surface area contributed by atoms with Crippen LogP contribution in [0.15, 0.2) is 72.9 Å². The fourth-order valence-corrected chi connectivity index (χ4v) is 8.18. The number of imidazole rings is 1. The summed E-state index contributed by atoms with van der Waals surface area (Å²) < 4.78 is 53.1. The third-order valence-corrected chi connectivity index (χ3v) is 12.0. The van der Waals surface area contributed by atoms with Gasteiger partial charge in [-0.3, -0.25) is 24.0 Å². The Hall–Kier alpha value is -7.49. The number of nitrogens with zero attached hydrogens (tertiary/aromatic N) is 4. The molecule has 0 bridgehead atoms. The molecule has 8 amide bonds. The van der Waals surface area contributed by atoms with Gasteiger partial charge in [0.1, 0.15) is 48.4 Å². The van der Waals surface area contributed by atoms with Gasteiger partial charge in [-0.2, -0.15) is 0 Å². The van der Waals surface area contributed by atoms with E-state index in [0.717, 1.165) is 12.0 Å². The van der Waals surface area contributed by atoms with Gasteiger partial charge in [0.05, 0.1) is 24.8 Å². The topological polar surface area (TPSA) is 259 Å². The number of amides is 8. The van der Waals surface area contributed by atoms with Crippen LogP contribution in [0.5, 0.6) is 0 Å². The molecule has 5 rings (SSSR count). The molecule has 4 unspecified atom stereocenters. The lowest BCUT2D eigenvalue weighted by molar-refractivity contribution is -0.146. The van der Waals surface area contributed by atoms with Gasteiger partial charge in [0.2, 0.25) is 24.1 Å². The quantitative estimate of drug-likeness (QED) is 0.0517. The summed E-state index contributed by atoms with van der Waals surface area (Å²) in [4.78, 5) is 93.2. The number of hydrogen-bond acceptors (Lipinski definition) is 10. The summed E-state index contributed by atoms with van der Waals surface area (Å²) in [6.45, 7) is 15.0. The maximum Gasteiger partial charge on any atom is 0.410 e.